The number of hydrogen-bond donors (Lipinski definition) is 1. The molecule has 1 aromatic carbocycles. The summed E-state index contributed by atoms with van der Waals surface area (Å²) in [5.41, 5.74) is -0.392. The van der Waals surface area contributed by atoms with Crippen molar-refractivity contribution in [1.29, 1.82) is 0 Å². The fourth-order valence-corrected chi connectivity index (χ4v) is 1.72. The zero-order valence-corrected chi connectivity index (χ0v) is 10.4. The Balaban J connectivity index is 2.97. The van der Waals surface area contributed by atoms with Gasteiger partial charge in [-0.3, -0.25) is 0 Å². The molecule has 0 heterocycles. The molecule has 1 rings (SSSR count). The first kappa shape index (κ1) is 13.5. The Labute approximate surface area is 101 Å². The highest BCUT2D eigenvalue weighted by Gasteiger charge is 2.34. The summed E-state index contributed by atoms with van der Waals surface area (Å²) in [6.45, 7) is 3.71. The second-order valence-corrected chi connectivity index (χ2v) is 3.96. The third-order valence-electron chi connectivity index (χ3n) is 2.64. The summed E-state index contributed by atoms with van der Waals surface area (Å²) in [5, 5.41) is 9.22. The summed E-state index contributed by atoms with van der Waals surface area (Å²) in [7, 11) is 1.57. The molecule has 0 spiro atoms. The van der Waals surface area contributed by atoms with E-state index < -0.39 is 11.6 Å². The van der Waals surface area contributed by atoms with E-state index in [2.05, 4.69) is 0 Å². The van der Waals surface area contributed by atoms with E-state index in [1.54, 1.807) is 21.0 Å². The van der Waals surface area contributed by atoms with Crippen LogP contribution < -0.4 is 4.74 Å². The van der Waals surface area contributed by atoms with E-state index in [4.69, 9.17) is 9.47 Å². The first-order chi connectivity index (χ1) is 8.03. The van der Waals surface area contributed by atoms with Gasteiger partial charge in [0.25, 0.3) is 0 Å². The molecular formula is C13H18O4. The SMILES string of the molecule is CCOC(C)(Cc1ccccc1OC)C(=O)O. The quantitative estimate of drug-likeness (QED) is 0.824. The highest BCUT2D eigenvalue weighted by Crippen LogP contribution is 2.25. The molecule has 1 unspecified atom stereocenters. The Hall–Kier alpha value is -1.55. The van der Waals surface area contributed by atoms with Crippen LogP contribution in [0.2, 0.25) is 0 Å². The maximum Gasteiger partial charge on any atom is 0.336 e. The Morgan fingerprint density at radius 3 is 2.59 bits per heavy atom. The Morgan fingerprint density at radius 2 is 2.06 bits per heavy atom. The number of carboxylic acid groups (broad SMARTS) is 1. The largest absolute Gasteiger partial charge is 0.496 e. The predicted octanol–water partition coefficient (Wildman–Crippen LogP) is 2.12. The number of para-hydroxylation sites is 1. The van der Waals surface area contributed by atoms with Crippen LogP contribution in [0.15, 0.2) is 24.3 Å². The van der Waals surface area contributed by atoms with E-state index in [1.165, 1.54) is 0 Å². The summed E-state index contributed by atoms with van der Waals surface area (Å²) < 4.78 is 10.5. The molecule has 0 saturated heterocycles. The minimum absolute atomic E-state index is 0.278. The monoisotopic (exact) mass is 238 g/mol. The van der Waals surface area contributed by atoms with Crippen LogP contribution >= 0.6 is 0 Å². The molecule has 1 N–H and O–H groups in total. The van der Waals surface area contributed by atoms with Gasteiger partial charge >= 0.3 is 5.97 Å². The minimum Gasteiger partial charge on any atom is -0.496 e. The number of methoxy groups -OCH3 is 1. The van der Waals surface area contributed by atoms with Gasteiger partial charge in [0.05, 0.1) is 7.11 Å². The summed E-state index contributed by atoms with van der Waals surface area (Å²) >= 11 is 0. The molecule has 1 aromatic rings. The fraction of sp³-hybridized carbons (Fsp3) is 0.462. The molecule has 0 aromatic heterocycles. The maximum atomic E-state index is 11.2. The topological polar surface area (TPSA) is 55.8 Å². The first-order valence-electron chi connectivity index (χ1n) is 5.52. The molecule has 0 amide bonds. The third kappa shape index (κ3) is 3.20. The van der Waals surface area contributed by atoms with Gasteiger partial charge in [0.15, 0.2) is 5.60 Å². The van der Waals surface area contributed by atoms with Crippen molar-refractivity contribution in [1.82, 2.24) is 0 Å². The van der Waals surface area contributed by atoms with Crippen molar-refractivity contribution in [3.8, 4) is 5.75 Å². The van der Waals surface area contributed by atoms with Gasteiger partial charge in [-0.1, -0.05) is 18.2 Å². The van der Waals surface area contributed by atoms with Crippen molar-refractivity contribution in [2.75, 3.05) is 13.7 Å². The lowest BCUT2D eigenvalue weighted by Crippen LogP contribution is -2.40. The molecular weight excluding hydrogens is 220 g/mol. The normalized spacial score (nSPS) is 14.1. The Kier molecular flexibility index (Phi) is 4.52. The van der Waals surface area contributed by atoms with E-state index in [1.807, 2.05) is 24.3 Å². The van der Waals surface area contributed by atoms with Crippen LogP contribution in [0.3, 0.4) is 0 Å². The summed E-state index contributed by atoms with van der Waals surface area (Å²) in [5.74, 6) is -0.287. The molecule has 94 valence electrons. The van der Waals surface area contributed by atoms with Crippen molar-refractivity contribution in [2.24, 2.45) is 0 Å². The molecule has 0 fully saturated rings. The van der Waals surface area contributed by atoms with Crippen molar-refractivity contribution < 1.29 is 19.4 Å². The molecule has 0 aliphatic heterocycles. The van der Waals surface area contributed by atoms with Gasteiger partial charge in [-0.15, -0.1) is 0 Å². The van der Waals surface area contributed by atoms with E-state index in [0.29, 0.717) is 12.4 Å². The molecule has 0 aliphatic carbocycles. The lowest BCUT2D eigenvalue weighted by atomic mass is 9.95. The van der Waals surface area contributed by atoms with Gasteiger partial charge in [-0.25, -0.2) is 4.79 Å². The summed E-state index contributed by atoms with van der Waals surface area (Å²) in [6.07, 6.45) is 0.278. The smallest absolute Gasteiger partial charge is 0.336 e. The van der Waals surface area contributed by atoms with Crippen LogP contribution in [0.25, 0.3) is 0 Å². The molecule has 4 nitrogen and oxygen atoms in total. The van der Waals surface area contributed by atoms with Crippen LogP contribution in [0.5, 0.6) is 5.75 Å². The second-order valence-electron chi connectivity index (χ2n) is 3.96. The molecule has 0 saturated carbocycles. The summed E-state index contributed by atoms with van der Waals surface area (Å²) in [6, 6.07) is 7.36. The van der Waals surface area contributed by atoms with E-state index in [-0.39, 0.29) is 6.42 Å². The maximum absolute atomic E-state index is 11.2. The molecule has 4 heteroatoms. The number of aliphatic carboxylic acids is 1. The zero-order chi connectivity index (χ0) is 12.9. The average molecular weight is 238 g/mol. The van der Waals surface area contributed by atoms with Gasteiger partial charge < -0.3 is 14.6 Å². The van der Waals surface area contributed by atoms with Crippen LogP contribution in [-0.4, -0.2) is 30.4 Å². The minimum atomic E-state index is -1.22. The summed E-state index contributed by atoms with van der Waals surface area (Å²) in [4.78, 5) is 11.2. The van der Waals surface area contributed by atoms with Crippen molar-refractivity contribution >= 4 is 5.97 Å². The van der Waals surface area contributed by atoms with Crippen molar-refractivity contribution in [3.05, 3.63) is 29.8 Å². The number of carbonyl (C=O) groups is 1. The fourth-order valence-electron chi connectivity index (χ4n) is 1.72. The lowest BCUT2D eigenvalue weighted by Gasteiger charge is -2.25. The van der Waals surface area contributed by atoms with E-state index >= 15 is 0 Å². The van der Waals surface area contributed by atoms with Gasteiger partial charge in [0, 0.05) is 13.0 Å². The third-order valence-corrected chi connectivity index (χ3v) is 2.64. The Morgan fingerprint density at radius 1 is 1.41 bits per heavy atom. The standard InChI is InChI=1S/C13H18O4/c1-4-17-13(2,12(14)15)9-10-7-5-6-8-11(10)16-3/h5-8H,4,9H2,1-3H3,(H,14,15). The number of rotatable bonds is 6. The highest BCUT2D eigenvalue weighted by molar-refractivity contribution is 5.77. The first-order valence-corrected chi connectivity index (χ1v) is 5.52. The molecule has 0 aliphatic rings. The van der Waals surface area contributed by atoms with E-state index in [0.717, 1.165) is 5.56 Å². The second kappa shape index (κ2) is 5.68. The van der Waals surface area contributed by atoms with E-state index in [9.17, 15) is 9.90 Å². The number of benzene rings is 1. The van der Waals surface area contributed by atoms with Crippen molar-refractivity contribution in [3.63, 3.8) is 0 Å². The zero-order valence-electron chi connectivity index (χ0n) is 10.4. The molecule has 1 atom stereocenters. The highest BCUT2D eigenvalue weighted by atomic mass is 16.5. The predicted molar refractivity (Wildman–Crippen MR) is 64.4 cm³/mol. The van der Waals surface area contributed by atoms with Crippen LogP contribution in [-0.2, 0) is 16.0 Å². The Bertz CT molecular complexity index is 389. The average Bonchev–Trinajstić information content (AvgIpc) is 2.30. The number of carboxylic acids is 1. The number of hydrogen-bond acceptors (Lipinski definition) is 3. The van der Waals surface area contributed by atoms with Crippen LogP contribution in [0.4, 0.5) is 0 Å². The lowest BCUT2D eigenvalue weighted by molar-refractivity contribution is -0.162. The van der Waals surface area contributed by atoms with Gasteiger partial charge in [-0.2, -0.15) is 0 Å². The molecule has 17 heavy (non-hydrogen) atoms. The van der Waals surface area contributed by atoms with Gasteiger partial charge in [0.2, 0.25) is 0 Å². The van der Waals surface area contributed by atoms with Crippen LogP contribution in [0.1, 0.15) is 19.4 Å². The van der Waals surface area contributed by atoms with Crippen molar-refractivity contribution in [2.45, 2.75) is 25.9 Å². The van der Waals surface area contributed by atoms with Crippen LogP contribution in [0, 0.1) is 0 Å². The van der Waals surface area contributed by atoms with Gasteiger partial charge in [-0.05, 0) is 25.5 Å². The van der Waals surface area contributed by atoms with Gasteiger partial charge in [0.1, 0.15) is 5.75 Å². The molecule has 0 radical (unpaired) electrons. The number of ether oxygens (including phenoxy) is 2. The molecule has 0 bridgehead atoms.